The molecule has 2 aromatic rings. The molecule has 0 aliphatic rings. The number of imidazole rings is 1. The second-order valence-corrected chi connectivity index (χ2v) is 8.21. The van der Waals surface area contributed by atoms with Gasteiger partial charge < -0.3 is 12.4 Å². The smallest absolute Gasteiger partial charge is 0.245 e. The molecule has 0 fully saturated rings. The molecule has 26 heavy (non-hydrogen) atoms. The normalized spacial score (nSPS) is 11.0. The quantitative estimate of drug-likeness (QED) is 0.350. The maximum atomic E-state index is 2.43. The molecule has 0 saturated carbocycles. The zero-order valence-corrected chi connectivity index (χ0v) is 18.3. The SMILES string of the molecule is CCCCCCCCCCSC[n+]1cn(CCCC)c2ccccc21.[Cl-]. The van der Waals surface area contributed by atoms with Crippen LogP contribution in [-0.4, -0.2) is 10.3 Å². The molecule has 0 spiro atoms. The molecule has 0 amide bonds. The Balaban J connectivity index is 0.00000338. The molecule has 0 radical (unpaired) electrons. The number of unbranched alkanes of at least 4 members (excludes halogenated alkanes) is 8. The minimum atomic E-state index is 0. The third-order valence-electron chi connectivity index (χ3n) is 4.90. The fourth-order valence-electron chi connectivity index (χ4n) is 3.35. The molecule has 148 valence electrons. The number of thioether (sulfide) groups is 1. The van der Waals surface area contributed by atoms with Crippen molar-refractivity contribution in [3.63, 3.8) is 0 Å². The average Bonchev–Trinajstić information content (AvgIpc) is 2.99. The third-order valence-corrected chi connectivity index (χ3v) is 5.94. The summed E-state index contributed by atoms with van der Waals surface area (Å²) in [5.41, 5.74) is 2.76. The Kier molecular flexibility index (Phi) is 12.9. The van der Waals surface area contributed by atoms with Crippen LogP contribution in [0.2, 0.25) is 0 Å². The van der Waals surface area contributed by atoms with E-state index in [9.17, 15) is 0 Å². The molecule has 0 bridgehead atoms. The molecule has 2 nitrogen and oxygen atoms in total. The number of para-hydroxylation sites is 2. The predicted molar refractivity (Wildman–Crippen MR) is 112 cm³/mol. The highest BCUT2D eigenvalue weighted by Crippen LogP contribution is 2.15. The molecular formula is C22H37ClN2S. The van der Waals surface area contributed by atoms with Gasteiger partial charge in [0.1, 0.15) is 5.88 Å². The Morgan fingerprint density at radius 2 is 1.50 bits per heavy atom. The van der Waals surface area contributed by atoms with Crippen LogP contribution in [0.25, 0.3) is 11.0 Å². The van der Waals surface area contributed by atoms with E-state index in [1.54, 1.807) is 0 Å². The lowest BCUT2D eigenvalue weighted by Gasteiger charge is -2.02. The van der Waals surface area contributed by atoms with Crippen molar-refractivity contribution in [2.24, 2.45) is 0 Å². The standard InChI is InChI=1S/C22H37N2S.ClH/c1-3-5-7-8-9-10-11-14-18-25-20-24-19-23(17-6-4-2)21-15-12-13-16-22(21)24;/h12-13,15-16,19H,3-11,14,17-18,20H2,1-2H3;1H/q+1;/p-1. The van der Waals surface area contributed by atoms with E-state index in [2.05, 4.69) is 65.3 Å². The first kappa shape index (κ1) is 23.4. The van der Waals surface area contributed by atoms with Gasteiger partial charge in [-0.2, -0.15) is 0 Å². The van der Waals surface area contributed by atoms with Crippen LogP contribution in [0.3, 0.4) is 0 Å². The minimum absolute atomic E-state index is 0. The lowest BCUT2D eigenvalue weighted by atomic mass is 10.1. The summed E-state index contributed by atoms with van der Waals surface area (Å²) in [5, 5.41) is 0. The zero-order valence-electron chi connectivity index (χ0n) is 16.8. The first-order valence-corrected chi connectivity index (χ1v) is 11.6. The van der Waals surface area contributed by atoms with Gasteiger partial charge in [0.25, 0.3) is 0 Å². The summed E-state index contributed by atoms with van der Waals surface area (Å²) in [6.07, 6.45) is 16.1. The Hall–Kier alpha value is -0.670. The van der Waals surface area contributed by atoms with Crippen molar-refractivity contribution in [3.05, 3.63) is 30.6 Å². The van der Waals surface area contributed by atoms with Gasteiger partial charge in [-0.05, 0) is 30.7 Å². The number of fused-ring (bicyclic) bond motifs is 1. The average molecular weight is 397 g/mol. The van der Waals surface area contributed by atoms with Crippen LogP contribution in [0.1, 0.15) is 78.1 Å². The second kappa shape index (κ2) is 14.4. The van der Waals surface area contributed by atoms with E-state index < -0.39 is 0 Å². The number of aryl methyl sites for hydroxylation is 1. The summed E-state index contributed by atoms with van der Waals surface area (Å²) >= 11 is 2.08. The number of hydrogen-bond donors (Lipinski definition) is 0. The Morgan fingerprint density at radius 1 is 0.846 bits per heavy atom. The summed E-state index contributed by atoms with van der Waals surface area (Å²) in [4.78, 5) is 0. The Morgan fingerprint density at radius 3 is 2.23 bits per heavy atom. The molecule has 0 atom stereocenters. The highest BCUT2D eigenvalue weighted by molar-refractivity contribution is 7.98. The van der Waals surface area contributed by atoms with Crippen LogP contribution < -0.4 is 17.0 Å². The zero-order chi connectivity index (χ0) is 17.7. The van der Waals surface area contributed by atoms with Gasteiger partial charge in [-0.25, -0.2) is 9.13 Å². The van der Waals surface area contributed by atoms with Gasteiger partial charge in [-0.3, -0.25) is 0 Å². The largest absolute Gasteiger partial charge is 1.00 e. The van der Waals surface area contributed by atoms with Gasteiger partial charge in [-0.15, -0.1) is 11.8 Å². The number of nitrogens with zero attached hydrogens (tertiary/aromatic N) is 2. The first-order valence-electron chi connectivity index (χ1n) is 10.4. The molecule has 0 unspecified atom stereocenters. The second-order valence-electron chi connectivity index (χ2n) is 7.13. The summed E-state index contributed by atoms with van der Waals surface area (Å²) in [6, 6.07) is 8.83. The minimum Gasteiger partial charge on any atom is -1.00 e. The van der Waals surface area contributed by atoms with Crippen molar-refractivity contribution < 1.29 is 17.0 Å². The van der Waals surface area contributed by atoms with Crippen molar-refractivity contribution in [1.82, 2.24) is 4.57 Å². The van der Waals surface area contributed by atoms with Crippen molar-refractivity contribution in [3.8, 4) is 0 Å². The van der Waals surface area contributed by atoms with E-state index in [1.807, 2.05) is 0 Å². The lowest BCUT2D eigenvalue weighted by molar-refractivity contribution is -0.650. The highest BCUT2D eigenvalue weighted by Gasteiger charge is 2.14. The summed E-state index contributed by atoms with van der Waals surface area (Å²) in [7, 11) is 0. The van der Waals surface area contributed by atoms with Crippen LogP contribution >= 0.6 is 11.8 Å². The van der Waals surface area contributed by atoms with Gasteiger partial charge in [0, 0.05) is 0 Å². The first-order chi connectivity index (χ1) is 12.4. The number of halogens is 1. The topological polar surface area (TPSA) is 8.81 Å². The number of hydrogen-bond acceptors (Lipinski definition) is 1. The van der Waals surface area contributed by atoms with Crippen molar-refractivity contribution >= 4 is 22.8 Å². The van der Waals surface area contributed by atoms with Crippen molar-refractivity contribution in [1.29, 1.82) is 0 Å². The van der Waals surface area contributed by atoms with Gasteiger partial charge in [0.15, 0.2) is 11.0 Å². The van der Waals surface area contributed by atoms with Crippen LogP contribution in [-0.2, 0) is 12.4 Å². The predicted octanol–water partition coefficient (Wildman–Crippen LogP) is 3.56. The molecule has 4 heteroatoms. The Labute approximate surface area is 171 Å². The van der Waals surface area contributed by atoms with Crippen LogP contribution in [0, 0.1) is 0 Å². The van der Waals surface area contributed by atoms with Crippen LogP contribution in [0.5, 0.6) is 0 Å². The third kappa shape index (κ3) is 7.92. The monoisotopic (exact) mass is 396 g/mol. The molecule has 0 aliphatic heterocycles. The molecule has 0 aliphatic carbocycles. The van der Waals surface area contributed by atoms with Gasteiger partial charge in [-0.1, -0.05) is 77.3 Å². The van der Waals surface area contributed by atoms with Crippen LogP contribution in [0.15, 0.2) is 30.6 Å². The molecule has 0 N–H and O–H groups in total. The molecular weight excluding hydrogens is 360 g/mol. The van der Waals surface area contributed by atoms with E-state index in [-0.39, 0.29) is 12.4 Å². The fourth-order valence-corrected chi connectivity index (χ4v) is 4.29. The van der Waals surface area contributed by atoms with E-state index >= 15 is 0 Å². The van der Waals surface area contributed by atoms with Crippen molar-refractivity contribution in [2.45, 2.75) is 90.5 Å². The molecule has 0 saturated heterocycles. The number of benzene rings is 1. The van der Waals surface area contributed by atoms with Gasteiger partial charge in [0.2, 0.25) is 6.33 Å². The van der Waals surface area contributed by atoms with E-state index in [1.165, 1.54) is 81.0 Å². The van der Waals surface area contributed by atoms with E-state index in [0.717, 1.165) is 12.4 Å². The van der Waals surface area contributed by atoms with E-state index in [4.69, 9.17) is 0 Å². The van der Waals surface area contributed by atoms with Crippen molar-refractivity contribution in [2.75, 3.05) is 5.75 Å². The summed E-state index contributed by atoms with van der Waals surface area (Å²) in [6.45, 7) is 5.68. The summed E-state index contributed by atoms with van der Waals surface area (Å²) in [5.74, 6) is 2.37. The molecule has 1 aromatic heterocycles. The number of aromatic nitrogens is 2. The number of rotatable bonds is 14. The van der Waals surface area contributed by atoms with E-state index in [0.29, 0.717) is 0 Å². The maximum Gasteiger partial charge on any atom is 0.245 e. The van der Waals surface area contributed by atoms with Gasteiger partial charge >= 0.3 is 0 Å². The summed E-state index contributed by atoms with van der Waals surface area (Å²) < 4.78 is 4.86. The molecule has 1 heterocycles. The fraction of sp³-hybridized carbons (Fsp3) is 0.682. The highest BCUT2D eigenvalue weighted by atomic mass is 35.5. The lowest BCUT2D eigenvalue weighted by Crippen LogP contribution is -3.00. The Bertz CT molecular complexity index is 597. The molecule has 2 rings (SSSR count). The maximum absolute atomic E-state index is 2.43. The van der Waals surface area contributed by atoms with Crippen LogP contribution in [0.4, 0.5) is 0 Å². The molecule has 1 aromatic carbocycles. The van der Waals surface area contributed by atoms with Gasteiger partial charge in [0.05, 0.1) is 6.54 Å².